The van der Waals surface area contributed by atoms with E-state index in [1.54, 1.807) is 7.11 Å². The molecule has 0 bridgehead atoms. The average molecular weight is 527 g/mol. The van der Waals surface area contributed by atoms with E-state index in [0.717, 1.165) is 74.2 Å². The summed E-state index contributed by atoms with van der Waals surface area (Å²) in [6.07, 6.45) is 6.50. The third-order valence-corrected chi connectivity index (χ3v) is 7.00. The second-order valence-corrected chi connectivity index (χ2v) is 9.89. The minimum atomic E-state index is -0.767. The molecule has 7 nitrogen and oxygen atoms in total. The van der Waals surface area contributed by atoms with Crippen molar-refractivity contribution in [2.75, 3.05) is 40.4 Å². The van der Waals surface area contributed by atoms with Crippen molar-refractivity contribution in [1.29, 1.82) is 0 Å². The summed E-state index contributed by atoms with van der Waals surface area (Å²) in [6, 6.07) is 15.4. The number of likely N-dealkylation sites (tertiary alicyclic amines) is 1. The number of carboxylic acid groups (broad SMARTS) is 1. The molecule has 0 aromatic heterocycles. The number of amides is 1. The molecule has 1 fully saturated rings. The van der Waals surface area contributed by atoms with Crippen LogP contribution in [0.4, 0.5) is 0 Å². The summed E-state index contributed by atoms with van der Waals surface area (Å²) in [4.78, 5) is 26.6. The van der Waals surface area contributed by atoms with E-state index in [4.69, 9.17) is 9.47 Å². The lowest BCUT2D eigenvalue weighted by atomic mass is 9.83. The zero-order valence-electron chi connectivity index (χ0n) is 23.8. The van der Waals surface area contributed by atoms with Gasteiger partial charge in [0, 0.05) is 31.6 Å². The second-order valence-electron chi connectivity index (χ2n) is 9.89. The summed E-state index contributed by atoms with van der Waals surface area (Å²) in [5.74, 6) is 0.248. The molecule has 1 aliphatic rings. The van der Waals surface area contributed by atoms with Crippen LogP contribution >= 0.6 is 0 Å². The first kappa shape index (κ1) is 31.2. The Balaban J connectivity index is 0.000000391. The van der Waals surface area contributed by atoms with E-state index in [0.29, 0.717) is 13.2 Å². The minimum Gasteiger partial charge on any atom is -0.497 e. The highest BCUT2D eigenvalue weighted by molar-refractivity contribution is 5.73. The van der Waals surface area contributed by atoms with Crippen LogP contribution in [0.5, 0.6) is 11.5 Å². The van der Waals surface area contributed by atoms with Crippen LogP contribution in [0.15, 0.2) is 48.5 Å². The van der Waals surface area contributed by atoms with Crippen LogP contribution in [-0.4, -0.2) is 67.7 Å². The largest absolute Gasteiger partial charge is 0.497 e. The van der Waals surface area contributed by atoms with E-state index in [9.17, 15) is 14.7 Å². The zero-order chi connectivity index (χ0) is 27.9. The van der Waals surface area contributed by atoms with Crippen LogP contribution in [0.1, 0.15) is 76.0 Å². The first-order chi connectivity index (χ1) is 18.4. The van der Waals surface area contributed by atoms with Gasteiger partial charge in [0.25, 0.3) is 0 Å². The summed E-state index contributed by atoms with van der Waals surface area (Å²) in [5.41, 5.74) is 2.03. The number of unbranched alkanes of at least 4 members (excludes halogenated alkanes) is 2. The van der Waals surface area contributed by atoms with E-state index in [2.05, 4.69) is 25.7 Å². The van der Waals surface area contributed by atoms with E-state index < -0.39 is 11.9 Å². The highest BCUT2D eigenvalue weighted by atomic mass is 16.5. The van der Waals surface area contributed by atoms with Gasteiger partial charge in [0.2, 0.25) is 6.41 Å². The normalized spacial score (nSPS) is 18.8. The number of methoxy groups -OCH3 is 1. The predicted octanol–water partition coefficient (Wildman–Crippen LogP) is 6.00. The van der Waals surface area contributed by atoms with Gasteiger partial charge in [-0.25, -0.2) is 0 Å². The summed E-state index contributed by atoms with van der Waals surface area (Å²) in [5, 5.41) is 9.99. The molecule has 1 amide bonds. The fraction of sp³-hybridized carbons (Fsp3) is 0.548. The number of carboxylic acids is 1. The molecule has 2 aromatic carbocycles. The lowest BCUT2D eigenvalue weighted by Crippen LogP contribution is -2.26. The number of aliphatic carboxylic acids is 1. The number of hydrogen-bond donors (Lipinski definition) is 1. The molecule has 0 aliphatic carbocycles. The van der Waals surface area contributed by atoms with Crippen LogP contribution < -0.4 is 9.47 Å². The maximum atomic E-state index is 12.2. The van der Waals surface area contributed by atoms with Crippen LogP contribution in [0.3, 0.4) is 0 Å². The average Bonchev–Trinajstić information content (AvgIpc) is 3.30. The van der Waals surface area contributed by atoms with Crippen molar-refractivity contribution in [2.24, 2.45) is 5.92 Å². The van der Waals surface area contributed by atoms with Gasteiger partial charge in [-0.15, -0.1) is 0 Å². The van der Waals surface area contributed by atoms with Crippen LogP contribution in [0.25, 0.3) is 0 Å². The molecule has 0 radical (unpaired) electrons. The Hall–Kier alpha value is -3.06. The molecule has 38 heavy (non-hydrogen) atoms. The maximum absolute atomic E-state index is 12.2. The molecular weight excluding hydrogens is 480 g/mol. The fourth-order valence-corrected chi connectivity index (χ4v) is 4.89. The number of carbonyl (C=O) groups excluding carboxylic acids is 1. The standard InChI is InChI=1S/C22H27NO4.C9H19NO/c1-4-13-27-18-11-5-15(6-12-18)19-14-23(2)21(20(19)22(24)25)16-7-9-17(26-3)10-8-16;1-3-5-7-10(9-11)8-6-4-2/h5-12,19-21H,4,13-14H2,1-3H3,(H,24,25);9H,3-8H2,1-2H3. The lowest BCUT2D eigenvalue weighted by molar-refractivity contribution is -0.143. The van der Waals surface area contributed by atoms with Crippen molar-refractivity contribution in [3.63, 3.8) is 0 Å². The van der Waals surface area contributed by atoms with Crippen LogP contribution in [0, 0.1) is 5.92 Å². The highest BCUT2D eigenvalue weighted by Crippen LogP contribution is 2.45. The van der Waals surface area contributed by atoms with Gasteiger partial charge < -0.3 is 19.5 Å². The second kappa shape index (κ2) is 16.7. The van der Waals surface area contributed by atoms with Gasteiger partial charge in [-0.2, -0.15) is 0 Å². The van der Waals surface area contributed by atoms with E-state index >= 15 is 0 Å². The Morgan fingerprint density at radius 3 is 1.97 bits per heavy atom. The molecule has 1 heterocycles. The molecule has 3 rings (SSSR count). The fourth-order valence-electron chi connectivity index (χ4n) is 4.89. The highest BCUT2D eigenvalue weighted by Gasteiger charge is 2.45. The van der Waals surface area contributed by atoms with Crippen molar-refractivity contribution < 1.29 is 24.2 Å². The first-order valence-corrected chi connectivity index (χ1v) is 13.9. The number of nitrogens with zero attached hydrogens (tertiary/aromatic N) is 2. The predicted molar refractivity (Wildman–Crippen MR) is 152 cm³/mol. The molecule has 1 N–H and O–H groups in total. The van der Waals surface area contributed by atoms with Gasteiger partial charge in [0.1, 0.15) is 11.5 Å². The Labute approximate surface area is 228 Å². The maximum Gasteiger partial charge on any atom is 0.309 e. The number of benzene rings is 2. The minimum absolute atomic E-state index is 0.0696. The van der Waals surface area contributed by atoms with E-state index in [1.165, 1.54) is 0 Å². The lowest BCUT2D eigenvalue weighted by Gasteiger charge is -2.24. The van der Waals surface area contributed by atoms with Gasteiger partial charge >= 0.3 is 5.97 Å². The van der Waals surface area contributed by atoms with E-state index in [1.807, 2.05) is 60.5 Å². The smallest absolute Gasteiger partial charge is 0.309 e. The summed E-state index contributed by atoms with van der Waals surface area (Å²) < 4.78 is 10.9. The molecular formula is C31H46N2O5. The van der Waals surface area contributed by atoms with Gasteiger partial charge in [0.05, 0.1) is 19.6 Å². The molecule has 1 aliphatic heterocycles. The molecule has 210 valence electrons. The van der Waals surface area contributed by atoms with Crippen molar-refractivity contribution in [3.05, 3.63) is 59.7 Å². The topological polar surface area (TPSA) is 79.3 Å². The van der Waals surface area contributed by atoms with Crippen molar-refractivity contribution in [1.82, 2.24) is 9.80 Å². The Bertz CT molecular complexity index is 940. The van der Waals surface area contributed by atoms with Gasteiger partial charge in [0.15, 0.2) is 0 Å². The molecule has 3 unspecified atom stereocenters. The van der Waals surface area contributed by atoms with Gasteiger partial charge in [-0.1, -0.05) is 57.9 Å². The number of hydrogen-bond acceptors (Lipinski definition) is 5. The van der Waals surface area contributed by atoms with Crippen LogP contribution in [-0.2, 0) is 9.59 Å². The third kappa shape index (κ3) is 9.05. The first-order valence-electron chi connectivity index (χ1n) is 13.9. The Kier molecular flexibility index (Phi) is 13.7. The van der Waals surface area contributed by atoms with Crippen molar-refractivity contribution in [2.45, 2.75) is 64.8 Å². The zero-order valence-corrected chi connectivity index (χ0v) is 23.8. The number of rotatable bonds is 14. The number of carbonyl (C=O) groups is 2. The summed E-state index contributed by atoms with van der Waals surface area (Å²) in [7, 11) is 3.62. The SMILES string of the molecule is CCCCN(C=O)CCCC.CCCOc1ccc(C2CN(C)C(c3ccc(OC)cc3)C2C(=O)O)cc1. The van der Waals surface area contributed by atoms with Gasteiger partial charge in [-0.3, -0.25) is 14.5 Å². The summed E-state index contributed by atoms with van der Waals surface area (Å²) in [6.45, 7) is 9.59. The van der Waals surface area contributed by atoms with E-state index in [-0.39, 0.29) is 12.0 Å². The number of ether oxygens (including phenoxy) is 2. The van der Waals surface area contributed by atoms with Gasteiger partial charge in [-0.05, 0) is 61.7 Å². The Morgan fingerprint density at radius 2 is 1.50 bits per heavy atom. The molecule has 1 saturated heterocycles. The molecule has 0 spiro atoms. The number of likely N-dealkylation sites (N-methyl/N-ethyl adjacent to an activating group) is 1. The summed E-state index contributed by atoms with van der Waals surface area (Å²) >= 11 is 0. The Morgan fingerprint density at radius 1 is 0.947 bits per heavy atom. The monoisotopic (exact) mass is 526 g/mol. The van der Waals surface area contributed by atoms with Crippen molar-refractivity contribution in [3.8, 4) is 11.5 Å². The molecule has 3 atom stereocenters. The molecule has 2 aromatic rings. The quantitative estimate of drug-likeness (QED) is 0.304. The van der Waals surface area contributed by atoms with Crippen molar-refractivity contribution >= 4 is 12.4 Å². The third-order valence-electron chi connectivity index (χ3n) is 7.00. The van der Waals surface area contributed by atoms with Crippen LogP contribution in [0.2, 0.25) is 0 Å². The molecule has 7 heteroatoms. The molecule has 0 saturated carbocycles.